The fourth-order valence-electron chi connectivity index (χ4n) is 1.20. The first-order chi connectivity index (χ1) is 7.83. The largest absolute Gasteiger partial charge is 0.573 e. The quantitative estimate of drug-likeness (QED) is 0.771. The van der Waals surface area contributed by atoms with Crippen molar-refractivity contribution in [2.24, 2.45) is 0 Å². The predicted molar refractivity (Wildman–Crippen MR) is 54.1 cm³/mol. The van der Waals surface area contributed by atoms with Crippen LogP contribution in [0.25, 0.3) is 0 Å². The van der Waals surface area contributed by atoms with E-state index in [4.69, 9.17) is 14.8 Å². The fraction of sp³-hybridized carbons (Fsp3) is 0.333. The van der Waals surface area contributed by atoms with Crippen molar-refractivity contribution in [3.63, 3.8) is 0 Å². The van der Waals surface area contributed by atoms with Crippen LogP contribution in [0.4, 0.5) is 13.2 Å². The van der Waals surface area contributed by atoms with Gasteiger partial charge in [0.2, 0.25) is 0 Å². The zero-order valence-corrected chi connectivity index (χ0v) is 8.86. The predicted octanol–water partition coefficient (Wildman–Crippen LogP) is 0.664. The summed E-state index contributed by atoms with van der Waals surface area (Å²) in [5.41, 5.74) is -0.384. The second kappa shape index (κ2) is 5.28. The van der Waals surface area contributed by atoms with E-state index in [0.717, 1.165) is 12.1 Å². The minimum atomic E-state index is -4.91. The number of alkyl halides is 3. The van der Waals surface area contributed by atoms with Crippen molar-refractivity contribution in [2.45, 2.75) is 13.3 Å². The molecule has 1 aromatic carbocycles. The summed E-state index contributed by atoms with van der Waals surface area (Å²) in [5.74, 6) is -0.547. The molecular weight excluding hydrogens is 240 g/mol. The number of hydrogen-bond donors (Lipinski definition) is 2. The molecule has 1 rings (SSSR count). The molecule has 0 saturated carbocycles. The Labute approximate surface area is 95.7 Å². The number of rotatable bonds is 4. The third-order valence-electron chi connectivity index (χ3n) is 1.80. The van der Waals surface area contributed by atoms with Crippen LogP contribution in [0, 0.1) is 0 Å². The van der Waals surface area contributed by atoms with E-state index in [1.807, 2.05) is 0 Å². The van der Waals surface area contributed by atoms with Crippen molar-refractivity contribution in [1.29, 1.82) is 0 Å². The van der Waals surface area contributed by atoms with Crippen molar-refractivity contribution < 1.29 is 32.7 Å². The summed E-state index contributed by atoms with van der Waals surface area (Å²) in [4.78, 5) is 0. The third kappa shape index (κ3) is 4.16. The lowest BCUT2D eigenvalue weighted by atomic mass is 9.79. The van der Waals surface area contributed by atoms with Crippen molar-refractivity contribution in [2.75, 3.05) is 6.61 Å². The Morgan fingerprint density at radius 1 is 1.29 bits per heavy atom. The van der Waals surface area contributed by atoms with Crippen LogP contribution in [-0.4, -0.2) is 30.1 Å². The van der Waals surface area contributed by atoms with Gasteiger partial charge < -0.3 is 19.5 Å². The van der Waals surface area contributed by atoms with Crippen molar-refractivity contribution in [3.8, 4) is 11.5 Å². The topological polar surface area (TPSA) is 58.9 Å². The molecule has 0 aliphatic heterocycles. The van der Waals surface area contributed by atoms with Crippen LogP contribution in [0.2, 0.25) is 0 Å². The Hall–Kier alpha value is -1.41. The van der Waals surface area contributed by atoms with E-state index in [1.54, 1.807) is 6.92 Å². The van der Waals surface area contributed by atoms with E-state index >= 15 is 0 Å². The number of halogens is 3. The zero-order valence-electron chi connectivity index (χ0n) is 8.86. The van der Waals surface area contributed by atoms with Crippen molar-refractivity contribution >= 4 is 12.6 Å². The highest BCUT2D eigenvalue weighted by atomic mass is 19.4. The van der Waals surface area contributed by atoms with Crippen molar-refractivity contribution in [3.05, 3.63) is 18.2 Å². The van der Waals surface area contributed by atoms with Crippen LogP contribution in [0.5, 0.6) is 11.5 Å². The summed E-state index contributed by atoms with van der Waals surface area (Å²) in [6.45, 7) is 1.94. The average Bonchev–Trinajstić information content (AvgIpc) is 2.15. The maximum absolute atomic E-state index is 12.1. The van der Waals surface area contributed by atoms with E-state index in [9.17, 15) is 13.2 Å². The first-order valence-electron chi connectivity index (χ1n) is 4.72. The van der Waals surface area contributed by atoms with Gasteiger partial charge in [0.25, 0.3) is 0 Å². The molecule has 0 radical (unpaired) electrons. The summed E-state index contributed by atoms with van der Waals surface area (Å²) in [7, 11) is -2.05. The number of ether oxygens (including phenoxy) is 2. The van der Waals surface area contributed by atoms with Crippen LogP contribution >= 0.6 is 0 Å². The van der Waals surface area contributed by atoms with Gasteiger partial charge >= 0.3 is 13.5 Å². The summed E-state index contributed by atoms with van der Waals surface area (Å²) >= 11 is 0. The van der Waals surface area contributed by atoms with Gasteiger partial charge in [0, 0.05) is 11.5 Å². The number of benzene rings is 1. The second-order valence-corrected chi connectivity index (χ2v) is 3.05. The van der Waals surface area contributed by atoms with Gasteiger partial charge in [-0.25, -0.2) is 0 Å². The fourth-order valence-corrected chi connectivity index (χ4v) is 1.20. The molecule has 94 valence electrons. The highest BCUT2D eigenvalue weighted by molar-refractivity contribution is 6.59. The molecule has 17 heavy (non-hydrogen) atoms. The minimum Gasteiger partial charge on any atom is -0.494 e. The van der Waals surface area contributed by atoms with Gasteiger partial charge in [0.05, 0.1) is 6.61 Å². The monoisotopic (exact) mass is 250 g/mol. The molecule has 0 saturated heterocycles. The first-order valence-corrected chi connectivity index (χ1v) is 4.72. The summed E-state index contributed by atoms with van der Waals surface area (Å²) in [6, 6.07) is 3.37. The molecule has 1 aromatic rings. The Balaban J connectivity index is 3.07. The second-order valence-electron chi connectivity index (χ2n) is 3.05. The van der Waals surface area contributed by atoms with E-state index in [2.05, 4.69) is 4.74 Å². The average molecular weight is 250 g/mol. The van der Waals surface area contributed by atoms with Gasteiger partial charge in [-0.2, -0.15) is 0 Å². The lowest BCUT2D eigenvalue weighted by molar-refractivity contribution is -0.274. The normalized spacial score (nSPS) is 11.2. The molecule has 0 atom stereocenters. The minimum absolute atomic E-state index is 0.149. The molecule has 0 spiro atoms. The molecule has 0 aliphatic rings. The summed E-state index contributed by atoms with van der Waals surface area (Å²) < 4.78 is 44.9. The standard InChI is InChI=1S/C9H10BF3O4/c1-2-16-6-3-4-7(10(14)15)8(5-6)17-9(11,12)13/h3-5,14-15H,2H2,1H3. The molecule has 2 N–H and O–H groups in total. The molecular formula is C9H10BF3O4. The highest BCUT2D eigenvalue weighted by Gasteiger charge is 2.33. The molecule has 0 aromatic heterocycles. The third-order valence-corrected chi connectivity index (χ3v) is 1.80. The Bertz CT molecular complexity index is 381. The van der Waals surface area contributed by atoms with Crippen LogP contribution in [0.3, 0.4) is 0 Å². The Morgan fingerprint density at radius 2 is 1.94 bits per heavy atom. The Morgan fingerprint density at radius 3 is 2.41 bits per heavy atom. The van der Waals surface area contributed by atoms with Gasteiger partial charge in [-0.3, -0.25) is 0 Å². The van der Waals surface area contributed by atoms with Gasteiger partial charge in [0.1, 0.15) is 11.5 Å². The maximum Gasteiger partial charge on any atom is 0.573 e. The molecule has 8 heteroatoms. The van der Waals surface area contributed by atoms with Crippen LogP contribution in [-0.2, 0) is 0 Å². The zero-order chi connectivity index (χ0) is 13.1. The molecule has 0 amide bonds. The van der Waals surface area contributed by atoms with Crippen LogP contribution in [0.1, 0.15) is 6.92 Å². The SMILES string of the molecule is CCOc1ccc(B(O)O)c(OC(F)(F)F)c1. The first kappa shape index (κ1) is 13.7. The van der Waals surface area contributed by atoms with E-state index < -0.39 is 19.2 Å². The van der Waals surface area contributed by atoms with Crippen LogP contribution < -0.4 is 14.9 Å². The van der Waals surface area contributed by atoms with E-state index in [1.165, 1.54) is 6.07 Å². The van der Waals surface area contributed by atoms with Crippen molar-refractivity contribution in [1.82, 2.24) is 0 Å². The lowest BCUT2D eigenvalue weighted by Gasteiger charge is -2.14. The molecule has 0 bridgehead atoms. The summed E-state index contributed by atoms with van der Waals surface area (Å²) in [5, 5.41) is 17.8. The summed E-state index contributed by atoms with van der Waals surface area (Å²) in [6.07, 6.45) is -4.91. The smallest absolute Gasteiger partial charge is 0.494 e. The highest BCUT2D eigenvalue weighted by Crippen LogP contribution is 2.25. The molecule has 4 nitrogen and oxygen atoms in total. The lowest BCUT2D eigenvalue weighted by Crippen LogP contribution is -2.33. The Kier molecular flexibility index (Phi) is 4.25. The maximum atomic E-state index is 12.1. The van der Waals surface area contributed by atoms with Gasteiger partial charge in [-0.15, -0.1) is 13.2 Å². The van der Waals surface area contributed by atoms with E-state index in [-0.39, 0.29) is 17.8 Å². The molecule has 0 unspecified atom stereocenters. The van der Waals surface area contributed by atoms with E-state index in [0.29, 0.717) is 0 Å². The molecule has 0 heterocycles. The van der Waals surface area contributed by atoms with Gasteiger partial charge in [-0.05, 0) is 13.0 Å². The van der Waals surface area contributed by atoms with Gasteiger partial charge in [-0.1, -0.05) is 6.07 Å². The molecule has 0 aliphatic carbocycles. The molecule has 0 fully saturated rings. The van der Waals surface area contributed by atoms with Gasteiger partial charge in [0.15, 0.2) is 0 Å². The van der Waals surface area contributed by atoms with Crippen LogP contribution in [0.15, 0.2) is 18.2 Å². The number of hydrogen-bond acceptors (Lipinski definition) is 4.